The molecule has 2 unspecified atom stereocenters. The van der Waals surface area contributed by atoms with Crippen molar-refractivity contribution in [3.05, 3.63) is 0 Å². The van der Waals surface area contributed by atoms with Crippen LogP contribution in [0, 0.1) is 11.8 Å². The monoisotopic (exact) mass is 390 g/mol. The fourth-order valence-corrected chi connectivity index (χ4v) is 4.04. The molecule has 0 spiro atoms. The third-order valence-electron chi connectivity index (χ3n) is 5.73. The first-order chi connectivity index (χ1) is 13.5. The molecule has 0 heterocycles. The van der Waals surface area contributed by atoms with Gasteiger partial charge in [-0.1, -0.05) is 26.7 Å². The summed E-state index contributed by atoms with van der Waals surface area (Å²) in [5, 5.41) is 8.57. The van der Waals surface area contributed by atoms with Gasteiger partial charge in [-0.3, -0.25) is 9.59 Å². The summed E-state index contributed by atoms with van der Waals surface area (Å²) in [5.41, 5.74) is 7.66. The van der Waals surface area contributed by atoms with Gasteiger partial charge in [0.25, 0.3) is 0 Å². The molecule has 0 aromatic heterocycles. The first kappa shape index (κ1) is 22.6. The van der Waals surface area contributed by atoms with E-state index >= 15 is 0 Å². The standard InChI is InChI=1S/C22H38N4O2/c1-17-9-7-11-19(15-17)23-25-21(27)13-5-3-4-6-14-22(28)26-24-20-12-8-10-18(2)16-20/h17-18H,3-16H2,1-2H3,(H,25,27)(H,26,28)/b23-19+,24-20+. The van der Waals surface area contributed by atoms with Gasteiger partial charge < -0.3 is 0 Å². The Morgan fingerprint density at radius 1 is 0.786 bits per heavy atom. The van der Waals surface area contributed by atoms with Crippen LogP contribution in [0.2, 0.25) is 0 Å². The van der Waals surface area contributed by atoms with Crippen LogP contribution in [0.3, 0.4) is 0 Å². The van der Waals surface area contributed by atoms with Gasteiger partial charge in [0, 0.05) is 24.3 Å². The highest BCUT2D eigenvalue weighted by Crippen LogP contribution is 2.21. The van der Waals surface area contributed by atoms with Crippen LogP contribution in [0.25, 0.3) is 0 Å². The lowest BCUT2D eigenvalue weighted by Gasteiger charge is -2.18. The van der Waals surface area contributed by atoms with Crippen LogP contribution in [0.4, 0.5) is 0 Å². The maximum absolute atomic E-state index is 11.9. The lowest BCUT2D eigenvalue weighted by molar-refractivity contribution is -0.122. The number of nitrogens with one attached hydrogen (secondary N) is 2. The Morgan fingerprint density at radius 2 is 1.21 bits per heavy atom. The summed E-state index contributed by atoms with van der Waals surface area (Å²) in [4.78, 5) is 23.7. The van der Waals surface area contributed by atoms with Crippen molar-refractivity contribution >= 4 is 23.2 Å². The van der Waals surface area contributed by atoms with Gasteiger partial charge in [0.1, 0.15) is 0 Å². The van der Waals surface area contributed by atoms with E-state index in [1.807, 2.05) is 0 Å². The molecule has 2 saturated carbocycles. The lowest BCUT2D eigenvalue weighted by Crippen LogP contribution is -2.22. The Kier molecular flexibility index (Phi) is 10.2. The maximum Gasteiger partial charge on any atom is 0.240 e. The quantitative estimate of drug-likeness (QED) is 0.442. The van der Waals surface area contributed by atoms with E-state index in [4.69, 9.17) is 0 Å². The minimum absolute atomic E-state index is 0.000930. The van der Waals surface area contributed by atoms with Crippen molar-refractivity contribution in [2.75, 3.05) is 0 Å². The SMILES string of the molecule is CC1CCC/C(=N\NC(=O)CCCCCCC(=O)N/N=C2\CCCC(C)C2)C1. The van der Waals surface area contributed by atoms with E-state index in [-0.39, 0.29) is 11.8 Å². The van der Waals surface area contributed by atoms with E-state index in [9.17, 15) is 9.59 Å². The number of nitrogens with zero attached hydrogens (tertiary/aromatic N) is 2. The molecule has 2 atom stereocenters. The van der Waals surface area contributed by atoms with E-state index in [0.717, 1.165) is 62.8 Å². The van der Waals surface area contributed by atoms with Crippen molar-refractivity contribution in [2.24, 2.45) is 22.0 Å². The Bertz CT molecular complexity index is 521. The highest BCUT2D eigenvalue weighted by atomic mass is 16.2. The van der Waals surface area contributed by atoms with Gasteiger partial charge in [0.2, 0.25) is 11.8 Å². The van der Waals surface area contributed by atoms with E-state index in [1.165, 1.54) is 25.7 Å². The highest BCUT2D eigenvalue weighted by molar-refractivity contribution is 5.87. The van der Waals surface area contributed by atoms with Gasteiger partial charge in [-0.2, -0.15) is 10.2 Å². The summed E-state index contributed by atoms with van der Waals surface area (Å²) in [6, 6.07) is 0. The zero-order valence-electron chi connectivity index (χ0n) is 17.8. The number of unbranched alkanes of at least 4 members (excludes halogenated alkanes) is 3. The van der Waals surface area contributed by atoms with E-state index in [1.54, 1.807) is 0 Å². The second-order valence-electron chi connectivity index (χ2n) is 8.74. The minimum Gasteiger partial charge on any atom is -0.273 e. The fraction of sp³-hybridized carbons (Fsp3) is 0.818. The van der Waals surface area contributed by atoms with Gasteiger partial charge in [-0.15, -0.1) is 0 Å². The molecule has 0 bridgehead atoms. The predicted molar refractivity (Wildman–Crippen MR) is 114 cm³/mol. The molecule has 2 aliphatic rings. The van der Waals surface area contributed by atoms with Crippen molar-refractivity contribution < 1.29 is 9.59 Å². The summed E-state index contributed by atoms with van der Waals surface area (Å²) in [6.45, 7) is 4.47. The molecule has 0 aliphatic heterocycles. The van der Waals surface area contributed by atoms with Crippen molar-refractivity contribution in [3.63, 3.8) is 0 Å². The molecule has 2 rings (SSSR count). The fourth-order valence-electron chi connectivity index (χ4n) is 4.04. The number of hydrogen-bond donors (Lipinski definition) is 2. The summed E-state index contributed by atoms with van der Waals surface area (Å²) in [5.74, 6) is 1.36. The van der Waals surface area contributed by atoms with Crippen LogP contribution in [0.15, 0.2) is 10.2 Å². The number of amides is 2. The number of carbonyl (C=O) groups is 2. The first-order valence-electron chi connectivity index (χ1n) is 11.2. The van der Waals surface area contributed by atoms with E-state index in [0.29, 0.717) is 24.7 Å². The first-order valence-corrected chi connectivity index (χ1v) is 11.2. The minimum atomic E-state index is 0.000930. The molecule has 2 aliphatic carbocycles. The summed E-state index contributed by atoms with van der Waals surface area (Å²) in [6.07, 6.45) is 13.5. The second-order valence-corrected chi connectivity index (χ2v) is 8.74. The molecule has 0 aromatic carbocycles. The molecule has 0 radical (unpaired) electrons. The van der Waals surface area contributed by atoms with Gasteiger partial charge >= 0.3 is 0 Å². The van der Waals surface area contributed by atoms with Gasteiger partial charge in [-0.05, 0) is 76.0 Å². The molecule has 28 heavy (non-hydrogen) atoms. The normalized spacial score (nSPS) is 25.6. The number of hydrazone groups is 2. The van der Waals surface area contributed by atoms with Crippen LogP contribution in [-0.2, 0) is 9.59 Å². The Hall–Kier alpha value is -1.72. The Balaban J connectivity index is 1.47. The second kappa shape index (κ2) is 12.7. The van der Waals surface area contributed by atoms with Crippen LogP contribution >= 0.6 is 0 Å². The number of carbonyl (C=O) groups excluding carboxylic acids is 2. The lowest BCUT2D eigenvalue weighted by atomic mass is 9.89. The molecule has 2 fully saturated rings. The molecule has 2 amide bonds. The Morgan fingerprint density at radius 3 is 1.61 bits per heavy atom. The van der Waals surface area contributed by atoms with Crippen LogP contribution in [0.5, 0.6) is 0 Å². The smallest absolute Gasteiger partial charge is 0.240 e. The molecular formula is C22H38N4O2. The van der Waals surface area contributed by atoms with Crippen molar-refractivity contribution in [2.45, 2.75) is 104 Å². The average molecular weight is 391 g/mol. The van der Waals surface area contributed by atoms with Crippen LogP contribution < -0.4 is 10.9 Å². The van der Waals surface area contributed by atoms with Crippen LogP contribution in [0.1, 0.15) is 104 Å². The Labute approximate surface area is 170 Å². The van der Waals surface area contributed by atoms with Gasteiger partial charge in [0.15, 0.2) is 0 Å². The van der Waals surface area contributed by atoms with E-state index < -0.39 is 0 Å². The van der Waals surface area contributed by atoms with Crippen molar-refractivity contribution in [1.82, 2.24) is 10.9 Å². The molecule has 6 heteroatoms. The van der Waals surface area contributed by atoms with Crippen LogP contribution in [-0.4, -0.2) is 23.2 Å². The molecule has 158 valence electrons. The maximum atomic E-state index is 11.9. The summed E-state index contributed by atoms with van der Waals surface area (Å²) >= 11 is 0. The molecule has 0 aromatic rings. The van der Waals surface area contributed by atoms with Gasteiger partial charge in [-0.25, -0.2) is 10.9 Å². The van der Waals surface area contributed by atoms with E-state index in [2.05, 4.69) is 34.9 Å². The highest BCUT2D eigenvalue weighted by Gasteiger charge is 2.15. The van der Waals surface area contributed by atoms with Gasteiger partial charge in [0.05, 0.1) is 0 Å². The predicted octanol–water partition coefficient (Wildman–Crippen LogP) is 4.69. The number of hydrogen-bond acceptors (Lipinski definition) is 4. The van der Waals surface area contributed by atoms with Crippen molar-refractivity contribution in [3.8, 4) is 0 Å². The number of rotatable bonds is 9. The topological polar surface area (TPSA) is 82.9 Å². The van der Waals surface area contributed by atoms with Crippen molar-refractivity contribution in [1.29, 1.82) is 0 Å². The largest absolute Gasteiger partial charge is 0.273 e. The molecule has 2 N–H and O–H groups in total. The third-order valence-corrected chi connectivity index (χ3v) is 5.73. The zero-order valence-corrected chi connectivity index (χ0v) is 17.8. The molecule has 0 saturated heterocycles. The third kappa shape index (κ3) is 9.47. The zero-order chi connectivity index (χ0) is 20.2. The summed E-state index contributed by atoms with van der Waals surface area (Å²) < 4.78 is 0. The molecular weight excluding hydrogens is 352 g/mol. The average Bonchev–Trinajstić information content (AvgIpc) is 2.67. The molecule has 6 nitrogen and oxygen atoms in total. The summed E-state index contributed by atoms with van der Waals surface area (Å²) in [7, 11) is 0.